The number of aromatic nitrogens is 2. The minimum Gasteiger partial charge on any atom is -0.390 e. The van der Waals surface area contributed by atoms with E-state index in [0.717, 1.165) is 31.7 Å². The second-order valence-corrected chi connectivity index (χ2v) is 10.2. The number of rotatable bonds is 5. The highest BCUT2D eigenvalue weighted by atomic mass is 19.4. The lowest BCUT2D eigenvalue weighted by molar-refractivity contribution is -0.138. The number of piperidine rings is 1. The van der Waals surface area contributed by atoms with Crippen LogP contribution in [-0.4, -0.2) is 44.6 Å². The van der Waals surface area contributed by atoms with Crippen LogP contribution in [0.5, 0.6) is 0 Å². The van der Waals surface area contributed by atoms with Gasteiger partial charge in [0.05, 0.1) is 22.1 Å². The second kappa shape index (κ2) is 9.16. The number of hydrogen-bond donors (Lipinski definition) is 3. The van der Waals surface area contributed by atoms with Gasteiger partial charge in [-0.05, 0) is 81.5 Å². The van der Waals surface area contributed by atoms with E-state index in [9.17, 15) is 27.9 Å². The van der Waals surface area contributed by atoms with Gasteiger partial charge in [0, 0.05) is 36.3 Å². The van der Waals surface area contributed by atoms with Crippen LogP contribution in [0.3, 0.4) is 0 Å². The molecule has 1 aliphatic carbocycles. The van der Waals surface area contributed by atoms with Crippen molar-refractivity contribution >= 4 is 22.5 Å². The average Bonchev–Trinajstić information content (AvgIpc) is 3.61. The normalized spacial score (nSPS) is 20.1. The van der Waals surface area contributed by atoms with Crippen LogP contribution < -0.4 is 10.9 Å². The van der Waals surface area contributed by atoms with Crippen molar-refractivity contribution in [3.05, 3.63) is 69.3 Å². The first-order chi connectivity index (χ1) is 17.4. The Hall–Kier alpha value is -3.40. The van der Waals surface area contributed by atoms with Gasteiger partial charge in [0.2, 0.25) is 0 Å². The molecule has 7 nitrogen and oxygen atoms in total. The molecule has 2 aliphatic rings. The largest absolute Gasteiger partial charge is 0.416 e. The molecule has 1 unspecified atom stereocenters. The Morgan fingerprint density at radius 2 is 1.95 bits per heavy atom. The van der Waals surface area contributed by atoms with E-state index >= 15 is 0 Å². The number of likely N-dealkylation sites (tertiary alicyclic amines) is 1. The van der Waals surface area contributed by atoms with Gasteiger partial charge < -0.3 is 20.3 Å². The third-order valence-electron chi connectivity index (χ3n) is 7.51. The molecule has 1 saturated heterocycles. The maximum absolute atomic E-state index is 13.9. The molecule has 0 spiro atoms. The molecule has 2 fully saturated rings. The summed E-state index contributed by atoms with van der Waals surface area (Å²) in [6.45, 7) is 4.27. The topological polar surface area (TPSA) is 98.3 Å². The molecule has 2 aromatic carbocycles. The summed E-state index contributed by atoms with van der Waals surface area (Å²) in [5, 5.41) is 13.6. The molecule has 0 bridgehead atoms. The van der Waals surface area contributed by atoms with Crippen LogP contribution in [0.1, 0.15) is 66.0 Å². The monoisotopic (exact) mass is 514 g/mol. The van der Waals surface area contributed by atoms with Crippen molar-refractivity contribution in [1.29, 1.82) is 0 Å². The Kier molecular flexibility index (Phi) is 6.26. The third-order valence-corrected chi connectivity index (χ3v) is 7.51. The lowest BCUT2D eigenvalue weighted by atomic mass is 9.90. The second-order valence-electron chi connectivity index (χ2n) is 10.2. The van der Waals surface area contributed by atoms with Crippen molar-refractivity contribution in [2.45, 2.75) is 57.3 Å². The smallest absolute Gasteiger partial charge is 0.390 e. The van der Waals surface area contributed by atoms with Gasteiger partial charge in [-0.2, -0.15) is 13.2 Å². The van der Waals surface area contributed by atoms with Crippen molar-refractivity contribution in [3.63, 3.8) is 0 Å². The van der Waals surface area contributed by atoms with Gasteiger partial charge in [0.1, 0.15) is 5.82 Å². The summed E-state index contributed by atoms with van der Waals surface area (Å²) >= 11 is 0. The summed E-state index contributed by atoms with van der Waals surface area (Å²) in [4.78, 5) is 33.8. The number of hydrogen-bond acceptors (Lipinski definition) is 5. The molecule has 2 heterocycles. The molecule has 10 heteroatoms. The molecule has 3 N–H and O–H groups in total. The Morgan fingerprint density at radius 1 is 1.24 bits per heavy atom. The van der Waals surface area contributed by atoms with Crippen LogP contribution in [0.2, 0.25) is 0 Å². The number of H-pyrrole nitrogens is 1. The zero-order chi connectivity index (χ0) is 26.5. The highest BCUT2D eigenvalue weighted by Crippen LogP contribution is 2.45. The summed E-state index contributed by atoms with van der Waals surface area (Å²) in [6.07, 6.45) is -1.29. The van der Waals surface area contributed by atoms with Crippen LogP contribution in [-0.2, 0) is 6.18 Å². The first-order valence-electron chi connectivity index (χ1n) is 12.4. The fraction of sp³-hybridized carbons (Fsp3) is 0.444. The summed E-state index contributed by atoms with van der Waals surface area (Å²) < 4.78 is 41.7. The van der Waals surface area contributed by atoms with E-state index in [1.807, 2.05) is 0 Å². The number of aromatic amines is 1. The number of aliphatic hydroxyl groups is 1. The van der Waals surface area contributed by atoms with E-state index in [0.29, 0.717) is 24.3 Å². The summed E-state index contributed by atoms with van der Waals surface area (Å²) in [6, 6.07) is 7.98. The molecule has 1 amide bonds. The molecule has 3 aromatic rings. The number of carbonyl (C=O) groups is 1. The van der Waals surface area contributed by atoms with Crippen molar-refractivity contribution in [2.24, 2.45) is 5.92 Å². The molecule has 1 aliphatic heterocycles. The van der Waals surface area contributed by atoms with E-state index in [1.165, 1.54) is 13.0 Å². The fourth-order valence-electron chi connectivity index (χ4n) is 5.28. The van der Waals surface area contributed by atoms with Crippen LogP contribution in [0.25, 0.3) is 10.9 Å². The van der Waals surface area contributed by atoms with Gasteiger partial charge in [-0.3, -0.25) is 9.59 Å². The van der Waals surface area contributed by atoms with E-state index in [4.69, 9.17) is 0 Å². The minimum atomic E-state index is -4.63. The van der Waals surface area contributed by atoms with Gasteiger partial charge in [-0.25, -0.2) is 4.98 Å². The molecule has 5 rings (SSSR count). The quantitative estimate of drug-likeness (QED) is 0.454. The van der Waals surface area contributed by atoms with Crippen LogP contribution >= 0.6 is 0 Å². The SMILES string of the molecule is Cc1nc2cc(C(F)(F)F)c([C@H](C)Nc3ccc(C(=O)N4CCCC(C5(O)CC5)C4)cc3)cc2c(=O)[nH]1. The number of anilines is 1. The number of carbonyl (C=O) groups excluding carboxylic acids is 1. The van der Waals surface area contributed by atoms with Crippen molar-refractivity contribution in [1.82, 2.24) is 14.9 Å². The van der Waals surface area contributed by atoms with E-state index < -0.39 is 28.9 Å². The van der Waals surface area contributed by atoms with Crippen molar-refractivity contribution in [2.75, 3.05) is 18.4 Å². The number of nitrogens with one attached hydrogen (secondary N) is 2. The van der Waals surface area contributed by atoms with Gasteiger partial charge in [0.15, 0.2) is 0 Å². The van der Waals surface area contributed by atoms with Gasteiger partial charge in [-0.1, -0.05) is 0 Å². The van der Waals surface area contributed by atoms with Crippen molar-refractivity contribution < 1.29 is 23.1 Å². The minimum absolute atomic E-state index is 0.0128. The first kappa shape index (κ1) is 25.3. The number of alkyl halides is 3. The zero-order valence-electron chi connectivity index (χ0n) is 20.7. The van der Waals surface area contributed by atoms with Gasteiger partial charge >= 0.3 is 6.18 Å². The first-order valence-corrected chi connectivity index (χ1v) is 12.4. The van der Waals surface area contributed by atoms with Gasteiger partial charge in [0.25, 0.3) is 11.5 Å². The number of nitrogens with zero attached hydrogens (tertiary/aromatic N) is 2. The Balaban J connectivity index is 1.35. The van der Waals surface area contributed by atoms with E-state index in [1.54, 1.807) is 36.1 Å². The average molecular weight is 515 g/mol. The Morgan fingerprint density at radius 3 is 2.59 bits per heavy atom. The van der Waals surface area contributed by atoms with Crippen LogP contribution in [0.4, 0.5) is 18.9 Å². The van der Waals surface area contributed by atoms with Gasteiger partial charge in [-0.15, -0.1) is 0 Å². The molecule has 37 heavy (non-hydrogen) atoms. The fourth-order valence-corrected chi connectivity index (χ4v) is 5.28. The Labute approximate surface area is 211 Å². The number of amides is 1. The number of fused-ring (bicyclic) bond motifs is 1. The van der Waals surface area contributed by atoms with Crippen molar-refractivity contribution in [3.8, 4) is 0 Å². The summed E-state index contributed by atoms with van der Waals surface area (Å²) in [5.41, 5.74) is -1.05. The number of benzene rings is 2. The summed E-state index contributed by atoms with van der Waals surface area (Å²) in [5.74, 6) is 0.218. The summed E-state index contributed by atoms with van der Waals surface area (Å²) in [7, 11) is 0. The predicted molar refractivity (Wildman–Crippen MR) is 133 cm³/mol. The third kappa shape index (κ3) is 5.07. The molecular formula is C27H29F3N4O3. The zero-order valence-corrected chi connectivity index (χ0v) is 20.7. The molecule has 2 atom stereocenters. The van der Waals surface area contributed by atoms with E-state index in [-0.39, 0.29) is 34.1 Å². The number of aryl methyl sites for hydroxylation is 1. The maximum atomic E-state index is 13.9. The number of halogens is 3. The Bertz CT molecular complexity index is 1400. The van der Waals surface area contributed by atoms with E-state index in [2.05, 4.69) is 15.3 Å². The molecule has 0 radical (unpaired) electrons. The maximum Gasteiger partial charge on any atom is 0.416 e. The standard InChI is InChI=1S/C27H29F3N4O3/c1-15(20-12-21-23(13-22(20)27(28,29)30)32-16(2)33-24(21)35)31-19-7-5-17(6-8-19)25(36)34-11-3-4-18(14-34)26(37)9-10-26/h5-8,12-13,15,18,31,37H,3-4,9-11,14H2,1-2H3,(H,32,33,35)/t15-,18?/m0/s1. The van der Waals surface area contributed by atoms with Crippen LogP contribution in [0.15, 0.2) is 41.2 Å². The molecule has 1 aromatic heterocycles. The molecule has 1 saturated carbocycles. The van der Waals surface area contributed by atoms with Crippen LogP contribution in [0, 0.1) is 12.8 Å². The lowest BCUT2D eigenvalue weighted by Crippen LogP contribution is -2.44. The predicted octanol–water partition coefficient (Wildman–Crippen LogP) is 4.80. The highest BCUT2D eigenvalue weighted by Gasteiger charge is 2.49. The lowest BCUT2D eigenvalue weighted by Gasteiger charge is -2.35. The highest BCUT2D eigenvalue weighted by molar-refractivity contribution is 5.94. The molecule has 196 valence electrons. The molecular weight excluding hydrogens is 485 g/mol.